The first-order chi connectivity index (χ1) is 8.78. The summed E-state index contributed by atoms with van der Waals surface area (Å²) in [6.45, 7) is 10.5. The van der Waals surface area contributed by atoms with Gasteiger partial charge in [-0.1, -0.05) is 13.8 Å². The number of rotatable bonds is 6. The molecule has 2 fully saturated rings. The van der Waals surface area contributed by atoms with Crippen LogP contribution in [0.2, 0.25) is 0 Å². The zero-order valence-corrected chi connectivity index (χ0v) is 12.2. The third-order valence-electron chi connectivity index (χ3n) is 4.33. The van der Waals surface area contributed by atoms with Gasteiger partial charge in [0.25, 0.3) is 0 Å². The van der Waals surface area contributed by atoms with Crippen LogP contribution in [-0.2, 0) is 4.74 Å². The molecule has 0 aromatic carbocycles. The average Bonchev–Trinajstić information content (AvgIpc) is 2.80. The Hall–Kier alpha value is -0.120. The van der Waals surface area contributed by atoms with E-state index < -0.39 is 0 Å². The smallest absolute Gasteiger partial charge is 0.0707 e. The van der Waals surface area contributed by atoms with Crippen LogP contribution < -0.4 is 5.32 Å². The highest BCUT2D eigenvalue weighted by molar-refractivity contribution is 4.79. The van der Waals surface area contributed by atoms with E-state index in [1.54, 1.807) is 0 Å². The van der Waals surface area contributed by atoms with Crippen LogP contribution in [0.5, 0.6) is 0 Å². The topological polar surface area (TPSA) is 24.5 Å². The fourth-order valence-corrected chi connectivity index (χ4v) is 3.04. The number of nitrogens with zero attached hydrogens (tertiary/aromatic N) is 1. The van der Waals surface area contributed by atoms with Crippen molar-refractivity contribution in [2.45, 2.75) is 58.2 Å². The SMILES string of the molecule is CCCNCC1CCC(CN2CCC(C)CC2)O1. The Kier molecular flexibility index (Phi) is 5.93. The normalized spacial score (nSPS) is 31.0. The molecule has 18 heavy (non-hydrogen) atoms. The highest BCUT2D eigenvalue weighted by Gasteiger charge is 2.27. The van der Waals surface area contributed by atoms with Crippen LogP contribution >= 0.6 is 0 Å². The molecule has 2 aliphatic rings. The molecule has 0 bridgehead atoms. The Balaban J connectivity index is 1.60. The molecule has 0 aliphatic carbocycles. The maximum atomic E-state index is 6.13. The first-order valence-electron chi connectivity index (χ1n) is 7.86. The molecule has 2 atom stereocenters. The average molecular weight is 254 g/mol. The van der Waals surface area contributed by atoms with Gasteiger partial charge in [0, 0.05) is 13.1 Å². The maximum Gasteiger partial charge on any atom is 0.0707 e. The zero-order valence-electron chi connectivity index (χ0n) is 12.2. The van der Waals surface area contributed by atoms with Crippen LogP contribution in [0, 0.1) is 5.92 Å². The molecule has 2 aliphatic heterocycles. The van der Waals surface area contributed by atoms with E-state index in [0.717, 1.165) is 25.6 Å². The van der Waals surface area contributed by atoms with E-state index in [4.69, 9.17) is 4.74 Å². The lowest BCUT2D eigenvalue weighted by atomic mass is 9.99. The molecule has 106 valence electrons. The maximum absolute atomic E-state index is 6.13. The van der Waals surface area contributed by atoms with Crippen LogP contribution in [-0.4, -0.2) is 49.8 Å². The molecular weight excluding hydrogens is 224 g/mol. The Morgan fingerprint density at radius 3 is 2.56 bits per heavy atom. The van der Waals surface area contributed by atoms with Gasteiger partial charge in [-0.25, -0.2) is 0 Å². The number of hydrogen-bond donors (Lipinski definition) is 1. The number of nitrogens with one attached hydrogen (secondary N) is 1. The largest absolute Gasteiger partial charge is 0.372 e. The Labute approximate surface area is 112 Å². The molecular formula is C15H30N2O. The van der Waals surface area contributed by atoms with Gasteiger partial charge >= 0.3 is 0 Å². The van der Waals surface area contributed by atoms with Crippen molar-refractivity contribution in [1.29, 1.82) is 0 Å². The standard InChI is InChI=1S/C15H30N2O/c1-3-8-16-11-14-4-5-15(18-14)12-17-9-6-13(2)7-10-17/h13-16H,3-12H2,1-2H3. The van der Waals surface area contributed by atoms with Crippen molar-refractivity contribution in [3.05, 3.63) is 0 Å². The zero-order chi connectivity index (χ0) is 12.8. The van der Waals surface area contributed by atoms with Gasteiger partial charge in [0.1, 0.15) is 0 Å². The second-order valence-corrected chi connectivity index (χ2v) is 6.14. The summed E-state index contributed by atoms with van der Waals surface area (Å²) < 4.78 is 6.13. The van der Waals surface area contributed by atoms with E-state index in [-0.39, 0.29) is 0 Å². The van der Waals surface area contributed by atoms with Crippen LogP contribution in [0.25, 0.3) is 0 Å². The highest BCUT2D eigenvalue weighted by Crippen LogP contribution is 2.22. The number of hydrogen-bond acceptors (Lipinski definition) is 3. The van der Waals surface area contributed by atoms with Gasteiger partial charge in [-0.05, 0) is 57.7 Å². The van der Waals surface area contributed by atoms with Crippen molar-refractivity contribution in [3.63, 3.8) is 0 Å². The summed E-state index contributed by atoms with van der Waals surface area (Å²) in [7, 11) is 0. The van der Waals surface area contributed by atoms with Crippen molar-refractivity contribution in [3.8, 4) is 0 Å². The molecule has 3 nitrogen and oxygen atoms in total. The predicted molar refractivity (Wildman–Crippen MR) is 75.9 cm³/mol. The first kappa shape index (κ1) is 14.3. The fraction of sp³-hybridized carbons (Fsp3) is 1.00. The molecule has 2 saturated heterocycles. The minimum Gasteiger partial charge on any atom is -0.372 e. The quantitative estimate of drug-likeness (QED) is 0.736. The van der Waals surface area contributed by atoms with Gasteiger partial charge in [0.2, 0.25) is 0 Å². The molecule has 0 aromatic heterocycles. The number of piperidine rings is 1. The highest BCUT2D eigenvalue weighted by atomic mass is 16.5. The number of likely N-dealkylation sites (tertiary alicyclic amines) is 1. The van der Waals surface area contributed by atoms with Gasteiger partial charge in [-0.15, -0.1) is 0 Å². The summed E-state index contributed by atoms with van der Waals surface area (Å²) in [5.74, 6) is 0.928. The molecule has 0 spiro atoms. The van der Waals surface area contributed by atoms with Gasteiger partial charge in [0.15, 0.2) is 0 Å². The molecule has 0 amide bonds. The van der Waals surface area contributed by atoms with Gasteiger partial charge in [-0.3, -0.25) is 0 Å². The summed E-state index contributed by atoms with van der Waals surface area (Å²) >= 11 is 0. The van der Waals surface area contributed by atoms with Crippen molar-refractivity contribution >= 4 is 0 Å². The minimum atomic E-state index is 0.463. The summed E-state index contributed by atoms with van der Waals surface area (Å²) in [5.41, 5.74) is 0. The Morgan fingerprint density at radius 1 is 1.11 bits per heavy atom. The van der Waals surface area contributed by atoms with Crippen LogP contribution in [0.3, 0.4) is 0 Å². The molecule has 2 unspecified atom stereocenters. The second kappa shape index (κ2) is 7.46. The van der Waals surface area contributed by atoms with Crippen LogP contribution in [0.4, 0.5) is 0 Å². The molecule has 3 heteroatoms. The molecule has 0 radical (unpaired) electrons. The monoisotopic (exact) mass is 254 g/mol. The lowest BCUT2D eigenvalue weighted by Gasteiger charge is -2.31. The summed E-state index contributed by atoms with van der Waals surface area (Å²) in [5, 5.41) is 3.47. The molecule has 0 aromatic rings. The van der Waals surface area contributed by atoms with Crippen LogP contribution in [0.1, 0.15) is 46.0 Å². The van der Waals surface area contributed by atoms with Gasteiger partial charge < -0.3 is 15.0 Å². The third kappa shape index (κ3) is 4.52. The molecule has 2 rings (SSSR count). The van der Waals surface area contributed by atoms with E-state index in [1.807, 2.05) is 0 Å². The van der Waals surface area contributed by atoms with E-state index >= 15 is 0 Å². The van der Waals surface area contributed by atoms with Crippen molar-refractivity contribution in [1.82, 2.24) is 10.2 Å². The Bertz CT molecular complexity index is 227. The van der Waals surface area contributed by atoms with E-state index in [2.05, 4.69) is 24.1 Å². The number of ether oxygens (including phenoxy) is 1. The lowest BCUT2D eigenvalue weighted by molar-refractivity contribution is 0.0173. The van der Waals surface area contributed by atoms with Crippen molar-refractivity contribution in [2.24, 2.45) is 5.92 Å². The summed E-state index contributed by atoms with van der Waals surface area (Å²) in [4.78, 5) is 2.60. The van der Waals surface area contributed by atoms with Crippen molar-refractivity contribution in [2.75, 3.05) is 32.7 Å². The minimum absolute atomic E-state index is 0.463. The van der Waals surface area contributed by atoms with E-state index in [9.17, 15) is 0 Å². The Morgan fingerprint density at radius 2 is 1.83 bits per heavy atom. The fourth-order valence-electron chi connectivity index (χ4n) is 3.04. The molecule has 2 heterocycles. The summed E-state index contributed by atoms with van der Waals surface area (Å²) in [6.07, 6.45) is 7.40. The van der Waals surface area contributed by atoms with Gasteiger partial charge in [-0.2, -0.15) is 0 Å². The lowest BCUT2D eigenvalue weighted by Crippen LogP contribution is -2.38. The van der Waals surface area contributed by atoms with Crippen LogP contribution in [0.15, 0.2) is 0 Å². The predicted octanol–water partition coefficient (Wildman–Crippen LogP) is 2.27. The van der Waals surface area contributed by atoms with E-state index in [1.165, 1.54) is 45.2 Å². The molecule has 0 saturated carbocycles. The van der Waals surface area contributed by atoms with Crippen molar-refractivity contribution < 1.29 is 4.74 Å². The second-order valence-electron chi connectivity index (χ2n) is 6.14. The van der Waals surface area contributed by atoms with E-state index in [0.29, 0.717) is 12.2 Å². The summed E-state index contributed by atoms with van der Waals surface area (Å²) in [6, 6.07) is 0. The molecule has 1 N–H and O–H groups in total. The van der Waals surface area contributed by atoms with Gasteiger partial charge in [0.05, 0.1) is 12.2 Å². The third-order valence-corrected chi connectivity index (χ3v) is 4.33. The first-order valence-corrected chi connectivity index (χ1v) is 7.86.